The van der Waals surface area contributed by atoms with Gasteiger partial charge in [-0.1, -0.05) is 0 Å². The van der Waals surface area contributed by atoms with Crippen LogP contribution < -0.4 is 11.1 Å². The Bertz CT molecular complexity index is 596. The number of hydrogen-bond donors (Lipinski definition) is 2. The fourth-order valence-corrected chi connectivity index (χ4v) is 3.06. The summed E-state index contributed by atoms with van der Waals surface area (Å²) in [5.41, 5.74) is 7.95. The van der Waals surface area contributed by atoms with Crippen LogP contribution in [0.15, 0.2) is 30.6 Å². The lowest BCUT2D eigenvalue weighted by Gasteiger charge is -2.30. The van der Waals surface area contributed by atoms with Crippen molar-refractivity contribution in [3.05, 3.63) is 30.6 Å². The largest absolute Gasteiger partial charge is 0.398 e. The first-order valence-corrected chi connectivity index (χ1v) is 7.28. The number of rotatable bonds is 3. The zero-order valence-electron chi connectivity index (χ0n) is 12.0. The molecule has 2 aromatic rings. The van der Waals surface area contributed by atoms with Gasteiger partial charge >= 0.3 is 0 Å². The number of fused-ring (bicyclic) bond motifs is 1. The van der Waals surface area contributed by atoms with Gasteiger partial charge in [-0.05, 0) is 50.6 Å². The molecule has 0 bridgehead atoms. The lowest BCUT2D eigenvalue weighted by molar-refractivity contribution is 0.217. The van der Waals surface area contributed by atoms with Crippen LogP contribution in [0.5, 0.6) is 0 Å². The summed E-state index contributed by atoms with van der Waals surface area (Å²) in [6, 6.07) is 6.06. The molecule has 1 saturated heterocycles. The van der Waals surface area contributed by atoms with Gasteiger partial charge in [0.2, 0.25) is 0 Å². The Morgan fingerprint density at radius 1 is 1.35 bits per heavy atom. The summed E-state index contributed by atoms with van der Waals surface area (Å²) < 4.78 is 0. The average Bonchev–Trinajstić information content (AvgIpc) is 2.47. The van der Waals surface area contributed by atoms with Crippen molar-refractivity contribution in [2.24, 2.45) is 5.92 Å². The number of nitrogens with two attached hydrogens (primary N) is 1. The molecule has 1 aromatic carbocycles. The van der Waals surface area contributed by atoms with Gasteiger partial charge in [0.05, 0.1) is 0 Å². The fourth-order valence-electron chi connectivity index (χ4n) is 3.06. The van der Waals surface area contributed by atoms with Crippen LogP contribution in [0.4, 0.5) is 11.4 Å². The number of anilines is 2. The number of likely N-dealkylation sites (tertiary alicyclic amines) is 1. The molecule has 3 rings (SSSR count). The molecule has 3 N–H and O–H groups in total. The number of benzene rings is 1. The van der Waals surface area contributed by atoms with E-state index in [1.165, 1.54) is 25.9 Å². The van der Waals surface area contributed by atoms with Crippen LogP contribution in [0.3, 0.4) is 0 Å². The Hall–Kier alpha value is -1.81. The number of nitrogens with zero attached hydrogens (tertiary/aromatic N) is 2. The Morgan fingerprint density at radius 3 is 3.10 bits per heavy atom. The van der Waals surface area contributed by atoms with Crippen molar-refractivity contribution < 1.29 is 0 Å². The lowest BCUT2D eigenvalue weighted by atomic mass is 9.98. The van der Waals surface area contributed by atoms with Crippen molar-refractivity contribution in [3.8, 4) is 0 Å². The number of nitrogen functional groups attached to an aromatic ring is 1. The first-order chi connectivity index (χ1) is 9.74. The molecule has 1 aliphatic rings. The first kappa shape index (κ1) is 13.2. The van der Waals surface area contributed by atoms with E-state index in [9.17, 15) is 0 Å². The van der Waals surface area contributed by atoms with Gasteiger partial charge in [-0.15, -0.1) is 0 Å². The first-order valence-electron chi connectivity index (χ1n) is 7.28. The minimum Gasteiger partial charge on any atom is -0.398 e. The van der Waals surface area contributed by atoms with Crippen LogP contribution in [0.25, 0.3) is 10.8 Å². The SMILES string of the molecule is CN1CCCC(CNc2ccc(N)c3cnccc23)C1. The molecule has 4 heteroatoms. The van der Waals surface area contributed by atoms with E-state index in [0.717, 1.165) is 34.6 Å². The Kier molecular flexibility index (Phi) is 3.74. The van der Waals surface area contributed by atoms with Gasteiger partial charge in [-0.25, -0.2) is 0 Å². The summed E-state index contributed by atoms with van der Waals surface area (Å²) >= 11 is 0. The third kappa shape index (κ3) is 2.70. The second kappa shape index (κ2) is 5.67. The van der Waals surface area contributed by atoms with Crippen molar-refractivity contribution in [1.29, 1.82) is 0 Å². The predicted octanol–water partition coefficient (Wildman–Crippen LogP) is 2.57. The van der Waals surface area contributed by atoms with E-state index < -0.39 is 0 Å². The van der Waals surface area contributed by atoms with E-state index >= 15 is 0 Å². The summed E-state index contributed by atoms with van der Waals surface area (Å²) in [6.45, 7) is 3.43. The highest BCUT2D eigenvalue weighted by Gasteiger charge is 2.17. The van der Waals surface area contributed by atoms with Gasteiger partial charge in [-0.3, -0.25) is 4.98 Å². The summed E-state index contributed by atoms with van der Waals surface area (Å²) in [5, 5.41) is 5.78. The molecule has 1 aliphatic heterocycles. The number of nitrogens with one attached hydrogen (secondary N) is 1. The molecule has 2 heterocycles. The minimum atomic E-state index is 0.725. The average molecular weight is 270 g/mol. The molecule has 20 heavy (non-hydrogen) atoms. The molecule has 0 spiro atoms. The minimum absolute atomic E-state index is 0.725. The molecular weight excluding hydrogens is 248 g/mol. The van der Waals surface area contributed by atoms with Gasteiger partial charge in [0, 0.05) is 47.6 Å². The Balaban J connectivity index is 1.76. The Morgan fingerprint density at radius 2 is 2.25 bits per heavy atom. The number of piperidine rings is 1. The summed E-state index contributed by atoms with van der Waals surface area (Å²) in [5.74, 6) is 0.725. The van der Waals surface area contributed by atoms with Crippen LogP contribution in [0.1, 0.15) is 12.8 Å². The molecule has 0 saturated carbocycles. The van der Waals surface area contributed by atoms with Crippen molar-refractivity contribution in [1.82, 2.24) is 9.88 Å². The molecule has 0 amide bonds. The van der Waals surface area contributed by atoms with Crippen molar-refractivity contribution >= 4 is 22.1 Å². The van der Waals surface area contributed by atoms with Crippen LogP contribution >= 0.6 is 0 Å². The molecule has 1 unspecified atom stereocenters. The van der Waals surface area contributed by atoms with Gasteiger partial charge in [-0.2, -0.15) is 0 Å². The smallest absolute Gasteiger partial charge is 0.0422 e. The standard InChI is InChI=1S/C16H22N4/c1-20-8-2-3-12(11-20)9-19-16-5-4-15(17)14-10-18-7-6-13(14)16/h4-7,10,12,19H,2-3,8-9,11,17H2,1H3. The van der Waals surface area contributed by atoms with Crippen LogP contribution in [-0.4, -0.2) is 36.6 Å². The quantitative estimate of drug-likeness (QED) is 0.842. The zero-order valence-corrected chi connectivity index (χ0v) is 12.0. The van der Waals surface area contributed by atoms with Crippen LogP contribution in [-0.2, 0) is 0 Å². The van der Waals surface area contributed by atoms with Crippen molar-refractivity contribution in [3.63, 3.8) is 0 Å². The van der Waals surface area contributed by atoms with Crippen molar-refractivity contribution in [2.45, 2.75) is 12.8 Å². The molecule has 1 atom stereocenters. The Labute approximate surface area is 120 Å². The second-order valence-corrected chi connectivity index (χ2v) is 5.78. The zero-order chi connectivity index (χ0) is 13.9. The fraction of sp³-hybridized carbons (Fsp3) is 0.438. The highest BCUT2D eigenvalue weighted by atomic mass is 15.1. The van der Waals surface area contributed by atoms with Gasteiger partial charge in [0.15, 0.2) is 0 Å². The monoisotopic (exact) mass is 270 g/mol. The summed E-state index contributed by atoms with van der Waals surface area (Å²) in [4.78, 5) is 6.58. The van der Waals surface area contributed by atoms with Gasteiger partial charge in [0.1, 0.15) is 0 Å². The number of hydrogen-bond acceptors (Lipinski definition) is 4. The van der Waals surface area contributed by atoms with Crippen molar-refractivity contribution in [2.75, 3.05) is 37.7 Å². The van der Waals surface area contributed by atoms with Crippen LogP contribution in [0, 0.1) is 5.92 Å². The van der Waals surface area contributed by atoms with E-state index in [-0.39, 0.29) is 0 Å². The molecule has 0 aliphatic carbocycles. The van der Waals surface area contributed by atoms with E-state index in [4.69, 9.17) is 5.73 Å². The van der Waals surface area contributed by atoms with Gasteiger partial charge in [0.25, 0.3) is 0 Å². The van der Waals surface area contributed by atoms with E-state index in [0.29, 0.717) is 0 Å². The predicted molar refractivity (Wildman–Crippen MR) is 84.9 cm³/mol. The third-order valence-electron chi connectivity index (χ3n) is 4.16. The van der Waals surface area contributed by atoms with Crippen LogP contribution in [0.2, 0.25) is 0 Å². The maximum atomic E-state index is 6.01. The molecule has 4 nitrogen and oxygen atoms in total. The maximum absolute atomic E-state index is 6.01. The van der Waals surface area contributed by atoms with Gasteiger partial charge < -0.3 is 16.0 Å². The third-order valence-corrected chi connectivity index (χ3v) is 4.16. The molecule has 0 radical (unpaired) electrons. The van der Waals surface area contributed by atoms with E-state index in [2.05, 4.69) is 28.3 Å². The molecular formula is C16H22N4. The molecule has 1 fully saturated rings. The highest BCUT2D eigenvalue weighted by Crippen LogP contribution is 2.28. The maximum Gasteiger partial charge on any atom is 0.0422 e. The number of aromatic nitrogens is 1. The lowest BCUT2D eigenvalue weighted by Crippen LogP contribution is -2.35. The summed E-state index contributed by atoms with van der Waals surface area (Å²) in [6.07, 6.45) is 6.27. The topological polar surface area (TPSA) is 54.2 Å². The highest BCUT2D eigenvalue weighted by molar-refractivity contribution is 6.00. The van der Waals surface area contributed by atoms with E-state index in [1.54, 1.807) is 0 Å². The normalized spacial score (nSPS) is 20.1. The van der Waals surface area contributed by atoms with E-state index in [1.807, 2.05) is 24.5 Å². The molecule has 1 aromatic heterocycles. The molecule has 106 valence electrons. The second-order valence-electron chi connectivity index (χ2n) is 5.78. The summed E-state index contributed by atoms with van der Waals surface area (Å²) in [7, 11) is 2.20. The number of pyridine rings is 1.